The lowest BCUT2D eigenvalue weighted by atomic mass is 10.0. The number of aryl methyl sites for hydroxylation is 1. The van der Waals surface area contributed by atoms with E-state index in [0.29, 0.717) is 18.7 Å². The highest BCUT2D eigenvalue weighted by Gasteiger charge is 2.30. The van der Waals surface area contributed by atoms with E-state index >= 15 is 0 Å². The van der Waals surface area contributed by atoms with Crippen LogP contribution in [0.15, 0.2) is 35.5 Å². The van der Waals surface area contributed by atoms with Gasteiger partial charge < -0.3 is 10.6 Å². The first-order valence-electron chi connectivity index (χ1n) is 9.60. The van der Waals surface area contributed by atoms with Gasteiger partial charge in [-0.05, 0) is 31.4 Å². The number of rotatable bonds is 5. The Balaban J connectivity index is 1.45. The van der Waals surface area contributed by atoms with Crippen molar-refractivity contribution in [1.82, 2.24) is 20.5 Å². The van der Waals surface area contributed by atoms with Crippen LogP contribution >= 0.6 is 11.3 Å². The summed E-state index contributed by atoms with van der Waals surface area (Å²) < 4.78 is 38.6. The van der Waals surface area contributed by atoms with Gasteiger partial charge >= 0.3 is 6.18 Å². The molecule has 0 unspecified atom stereocenters. The van der Waals surface area contributed by atoms with Gasteiger partial charge in [0.1, 0.15) is 5.01 Å². The van der Waals surface area contributed by atoms with E-state index in [1.807, 2.05) is 13.1 Å². The third-order valence-electron chi connectivity index (χ3n) is 4.89. The molecule has 3 rings (SSSR count). The molecule has 0 atom stereocenters. The average molecular weight is 426 g/mol. The molecule has 5 nitrogen and oxygen atoms in total. The van der Waals surface area contributed by atoms with Crippen molar-refractivity contribution >= 4 is 17.3 Å². The molecular weight excluding hydrogens is 399 g/mol. The highest BCUT2D eigenvalue weighted by atomic mass is 32.1. The maximum atomic E-state index is 12.9. The lowest BCUT2D eigenvalue weighted by Crippen LogP contribution is -2.48. The first-order chi connectivity index (χ1) is 13.8. The van der Waals surface area contributed by atoms with Crippen molar-refractivity contribution in [1.29, 1.82) is 0 Å². The zero-order chi connectivity index (χ0) is 20.9. The van der Waals surface area contributed by atoms with Gasteiger partial charge in [-0.3, -0.25) is 9.89 Å². The van der Waals surface area contributed by atoms with Crippen molar-refractivity contribution in [3.05, 3.63) is 51.5 Å². The molecule has 0 spiro atoms. The predicted octanol–water partition coefficient (Wildman–Crippen LogP) is 3.80. The summed E-state index contributed by atoms with van der Waals surface area (Å²) >= 11 is 1.66. The van der Waals surface area contributed by atoms with Crippen molar-refractivity contribution in [2.24, 2.45) is 4.99 Å². The summed E-state index contributed by atoms with van der Waals surface area (Å²) in [6, 6.07) is 5.89. The molecule has 9 heteroatoms. The molecule has 2 N–H and O–H groups in total. The van der Waals surface area contributed by atoms with Gasteiger partial charge in [0.05, 0.1) is 12.1 Å². The van der Waals surface area contributed by atoms with Gasteiger partial charge in [0.25, 0.3) is 0 Å². The molecule has 2 aromatic rings. The summed E-state index contributed by atoms with van der Waals surface area (Å²) in [4.78, 5) is 12.0. The minimum absolute atomic E-state index is 0.289. The number of benzene rings is 1. The second kappa shape index (κ2) is 9.58. The predicted molar refractivity (Wildman–Crippen MR) is 110 cm³/mol. The Hall–Kier alpha value is -2.13. The monoisotopic (exact) mass is 425 g/mol. The first kappa shape index (κ1) is 21.6. The van der Waals surface area contributed by atoms with E-state index in [1.54, 1.807) is 24.5 Å². The van der Waals surface area contributed by atoms with Crippen LogP contribution in [0.3, 0.4) is 0 Å². The van der Waals surface area contributed by atoms with E-state index in [-0.39, 0.29) is 6.04 Å². The number of piperidine rings is 1. The van der Waals surface area contributed by atoms with Gasteiger partial charge in [-0.2, -0.15) is 13.2 Å². The number of nitrogens with zero attached hydrogens (tertiary/aromatic N) is 3. The number of aromatic nitrogens is 1. The maximum absolute atomic E-state index is 12.9. The summed E-state index contributed by atoms with van der Waals surface area (Å²) in [5.41, 5.74) is 0.110. The fourth-order valence-corrected chi connectivity index (χ4v) is 4.10. The molecule has 0 amide bonds. The van der Waals surface area contributed by atoms with E-state index in [9.17, 15) is 13.2 Å². The van der Waals surface area contributed by atoms with Crippen LogP contribution in [-0.2, 0) is 19.3 Å². The fourth-order valence-electron chi connectivity index (χ4n) is 3.37. The molecule has 158 valence electrons. The minimum atomic E-state index is -4.30. The number of thiazole rings is 1. The quantitative estimate of drug-likeness (QED) is 0.565. The Morgan fingerprint density at radius 1 is 1.31 bits per heavy atom. The zero-order valence-electron chi connectivity index (χ0n) is 16.6. The molecule has 1 fully saturated rings. The van der Waals surface area contributed by atoms with E-state index < -0.39 is 11.7 Å². The molecule has 0 radical (unpaired) electrons. The van der Waals surface area contributed by atoms with E-state index in [0.717, 1.165) is 43.0 Å². The van der Waals surface area contributed by atoms with Crippen LogP contribution in [0, 0.1) is 6.92 Å². The number of hydrogen-bond donors (Lipinski definition) is 2. The summed E-state index contributed by atoms with van der Waals surface area (Å²) in [6.07, 6.45) is -0.614. The molecule has 0 saturated carbocycles. The van der Waals surface area contributed by atoms with Crippen LogP contribution in [0.4, 0.5) is 13.2 Å². The second-order valence-electron chi connectivity index (χ2n) is 7.18. The molecule has 1 aliphatic rings. The molecule has 1 aliphatic heterocycles. The summed E-state index contributed by atoms with van der Waals surface area (Å²) in [5.74, 6) is 0.745. The zero-order valence-corrected chi connectivity index (χ0v) is 17.4. The van der Waals surface area contributed by atoms with Gasteiger partial charge in [-0.25, -0.2) is 4.98 Å². The largest absolute Gasteiger partial charge is 0.416 e. The molecule has 29 heavy (non-hydrogen) atoms. The number of hydrogen-bond acceptors (Lipinski definition) is 4. The van der Waals surface area contributed by atoms with Crippen molar-refractivity contribution in [2.75, 3.05) is 20.1 Å². The van der Waals surface area contributed by atoms with Crippen molar-refractivity contribution < 1.29 is 13.2 Å². The third-order valence-corrected chi connectivity index (χ3v) is 5.80. The van der Waals surface area contributed by atoms with Crippen molar-refractivity contribution in [3.8, 4) is 0 Å². The Morgan fingerprint density at radius 2 is 2.07 bits per heavy atom. The van der Waals surface area contributed by atoms with Crippen molar-refractivity contribution in [2.45, 2.75) is 45.1 Å². The Morgan fingerprint density at radius 3 is 2.69 bits per heavy atom. The topological polar surface area (TPSA) is 52.6 Å². The Kier molecular flexibility index (Phi) is 7.13. The SMILES string of the molecule is CN=C(NCc1ncc(C)s1)NC1CCN(Cc2cccc(C(F)(F)F)c2)CC1. The third kappa shape index (κ3) is 6.43. The number of alkyl halides is 3. The normalized spacial score (nSPS) is 16.8. The number of aliphatic imine (C=N–C) groups is 1. The number of guanidine groups is 1. The molecule has 0 bridgehead atoms. The summed E-state index contributed by atoms with van der Waals surface area (Å²) in [7, 11) is 1.74. The van der Waals surface area contributed by atoms with Crippen LogP contribution in [0.1, 0.15) is 33.9 Å². The molecule has 1 saturated heterocycles. The van der Waals surface area contributed by atoms with Gasteiger partial charge in [0.15, 0.2) is 5.96 Å². The van der Waals surface area contributed by atoms with Crippen LogP contribution in [0.2, 0.25) is 0 Å². The second-order valence-corrected chi connectivity index (χ2v) is 8.50. The smallest absolute Gasteiger partial charge is 0.354 e. The van der Waals surface area contributed by atoms with Crippen LogP contribution < -0.4 is 10.6 Å². The van der Waals surface area contributed by atoms with Gasteiger partial charge in [0, 0.05) is 43.8 Å². The van der Waals surface area contributed by atoms with Crippen LogP contribution in [0.25, 0.3) is 0 Å². The van der Waals surface area contributed by atoms with Crippen LogP contribution in [-0.4, -0.2) is 42.0 Å². The summed E-state index contributed by atoms with van der Waals surface area (Å²) in [6.45, 7) is 4.86. The first-order valence-corrected chi connectivity index (χ1v) is 10.4. The minimum Gasteiger partial charge on any atom is -0.354 e. The highest BCUT2D eigenvalue weighted by Crippen LogP contribution is 2.30. The number of halogens is 3. The molecule has 0 aliphatic carbocycles. The lowest BCUT2D eigenvalue weighted by molar-refractivity contribution is -0.137. The summed E-state index contributed by atoms with van der Waals surface area (Å²) in [5, 5.41) is 7.74. The van der Waals surface area contributed by atoms with Gasteiger partial charge in [0.2, 0.25) is 0 Å². The van der Waals surface area contributed by atoms with Gasteiger partial charge in [-0.1, -0.05) is 18.2 Å². The number of likely N-dealkylation sites (tertiary alicyclic amines) is 1. The van der Waals surface area contributed by atoms with Crippen LogP contribution in [0.5, 0.6) is 0 Å². The van der Waals surface area contributed by atoms with Crippen molar-refractivity contribution in [3.63, 3.8) is 0 Å². The average Bonchev–Trinajstić information content (AvgIpc) is 3.11. The molecule has 1 aromatic heterocycles. The molecular formula is C20H26F3N5S. The van der Waals surface area contributed by atoms with Gasteiger partial charge in [-0.15, -0.1) is 11.3 Å². The van der Waals surface area contributed by atoms with E-state index in [1.165, 1.54) is 17.0 Å². The Labute approximate surface area is 173 Å². The standard InChI is InChI=1S/C20H26F3N5S/c1-14-11-25-18(29-14)12-26-19(24-2)27-17-6-8-28(9-7-17)13-15-4-3-5-16(10-15)20(21,22)23/h3-5,10-11,17H,6-9,12-13H2,1-2H3,(H2,24,26,27). The molecule has 1 aromatic carbocycles. The maximum Gasteiger partial charge on any atom is 0.416 e. The van der Waals surface area contributed by atoms with E-state index in [2.05, 4.69) is 25.5 Å². The fraction of sp³-hybridized carbons (Fsp3) is 0.500. The van der Waals surface area contributed by atoms with E-state index in [4.69, 9.17) is 0 Å². The number of nitrogens with one attached hydrogen (secondary N) is 2. The Bertz CT molecular complexity index is 826. The lowest BCUT2D eigenvalue weighted by Gasteiger charge is -2.33. The molecule has 2 heterocycles. The highest BCUT2D eigenvalue weighted by molar-refractivity contribution is 7.11.